The average molecular weight is 339 g/mol. The lowest BCUT2D eigenvalue weighted by atomic mass is 10.1. The van der Waals surface area contributed by atoms with E-state index in [-0.39, 0.29) is 0 Å². The van der Waals surface area contributed by atoms with Gasteiger partial charge in [-0.25, -0.2) is 0 Å². The summed E-state index contributed by atoms with van der Waals surface area (Å²) < 4.78 is 0. The van der Waals surface area contributed by atoms with Crippen LogP contribution < -0.4 is 5.32 Å². The van der Waals surface area contributed by atoms with Crippen molar-refractivity contribution in [1.82, 2.24) is 20.3 Å². The van der Waals surface area contributed by atoms with Crippen LogP contribution in [-0.2, 0) is 13.1 Å². The Morgan fingerprint density at radius 2 is 1.79 bits per heavy atom. The highest BCUT2D eigenvalue weighted by molar-refractivity contribution is 6.31. The Kier molecular flexibility index (Phi) is 5.41. The smallest absolute Gasteiger partial charge is 0.117 e. The summed E-state index contributed by atoms with van der Waals surface area (Å²) in [6.07, 6.45) is 1.83. The molecule has 0 aliphatic heterocycles. The lowest BCUT2D eigenvalue weighted by Gasteiger charge is -2.02. The first kappa shape index (κ1) is 16.4. The summed E-state index contributed by atoms with van der Waals surface area (Å²) in [7, 11) is 0. The summed E-state index contributed by atoms with van der Waals surface area (Å²) in [5.74, 6) is 0. The van der Waals surface area contributed by atoms with Gasteiger partial charge in [0.2, 0.25) is 0 Å². The van der Waals surface area contributed by atoms with Crippen molar-refractivity contribution in [2.24, 2.45) is 0 Å². The van der Waals surface area contributed by atoms with Crippen molar-refractivity contribution < 1.29 is 0 Å². The van der Waals surface area contributed by atoms with Gasteiger partial charge in [0.15, 0.2) is 0 Å². The van der Waals surface area contributed by atoms with Crippen LogP contribution in [-0.4, -0.2) is 21.5 Å². The fourth-order valence-electron chi connectivity index (χ4n) is 2.46. The van der Waals surface area contributed by atoms with Crippen molar-refractivity contribution >= 4 is 11.6 Å². The van der Waals surface area contributed by atoms with E-state index < -0.39 is 0 Å². The third kappa shape index (κ3) is 3.91. The van der Waals surface area contributed by atoms with Crippen molar-refractivity contribution in [3.63, 3.8) is 0 Å². The summed E-state index contributed by atoms with van der Waals surface area (Å²) in [6.45, 7) is 5.63. The van der Waals surface area contributed by atoms with Gasteiger partial charge in [0, 0.05) is 23.7 Å². The van der Waals surface area contributed by atoms with Gasteiger partial charge in [-0.05, 0) is 11.6 Å². The molecule has 0 aliphatic rings. The Balaban J connectivity index is 1.90. The van der Waals surface area contributed by atoms with Gasteiger partial charge in [-0.3, -0.25) is 0 Å². The summed E-state index contributed by atoms with van der Waals surface area (Å²) in [6, 6.07) is 17.8. The number of halogens is 1. The minimum atomic E-state index is 0.543. The normalized spacial score (nSPS) is 10.7. The lowest BCUT2D eigenvalue weighted by Crippen LogP contribution is -2.14. The number of hydrogen-bond donors (Lipinski definition) is 1. The SMILES string of the molecule is C=CCNCc1nn(Cc2ccccc2Cl)nc1-c1ccccc1. The topological polar surface area (TPSA) is 42.7 Å². The monoisotopic (exact) mass is 338 g/mol. The standard InChI is InChI=1S/C19H19ClN4/c1-2-12-21-13-18-19(15-8-4-3-5-9-15)23-24(22-18)14-16-10-6-7-11-17(16)20/h2-11,21H,1,12-14H2. The molecule has 0 atom stereocenters. The third-order valence-electron chi connectivity index (χ3n) is 3.62. The number of nitrogens with zero attached hydrogens (tertiary/aromatic N) is 3. The van der Waals surface area contributed by atoms with E-state index in [4.69, 9.17) is 11.6 Å². The summed E-state index contributed by atoms with van der Waals surface area (Å²) in [5, 5.41) is 13.3. The predicted octanol–water partition coefficient (Wildman–Crippen LogP) is 3.92. The first-order valence-electron chi connectivity index (χ1n) is 7.82. The van der Waals surface area contributed by atoms with Crippen LogP contribution >= 0.6 is 11.6 Å². The van der Waals surface area contributed by atoms with Crippen LogP contribution in [0.5, 0.6) is 0 Å². The van der Waals surface area contributed by atoms with Crippen molar-refractivity contribution in [3.8, 4) is 11.3 Å². The van der Waals surface area contributed by atoms with E-state index in [0.29, 0.717) is 13.1 Å². The minimum Gasteiger partial charge on any atom is -0.308 e. The zero-order chi connectivity index (χ0) is 16.8. The number of rotatable bonds is 7. The number of nitrogens with one attached hydrogen (secondary N) is 1. The van der Waals surface area contributed by atoms with Gasteiger partial charge in [0.25, 0.3) is 0 Å². The molecule has 0 aliphatic carbocycles. The Labute approximate surface area is 146 Å². The molecule has 0 saturated heterocycles. The van der Waals surface area contributed by atoms with Gasteiger partial charge in [-0.15, -0.1) is 6.58 Å². The number of hydrogen-bond acceptors (Lipinski definition) is 3. The van der Waals surface area contributed by atoms with E-state index in [1.807, 2.05) is 60.7 Å². The molecule has 0 amide bonds. The van der Waals surface area contributed by atoms with Gasteiger partial charge in [-0.1, -0.05) is 66.2 Å². The summed E-state index contributed by atoms with van der Waals surface area (Å²) in [4.78, 5) is 1.70. The van der Waals surface area contributed by atoms with Crippen molar-refractivity contribution in [1.29, 1.82) is 0 Å². The molecule has 0 fully saturated rings. The maximum Gasteiger partial charge on any atom is 0.117 e. The minimum absolute atomic E-state index is 0.543. The molecule has 1 N–H and O–H groups in total. The lowest BCUT2D eigenvalue weighted by molar-refractivity contribution is 0.580. The Morgan fingerprint density at radius 3 is 2.54 bits per heavy atom. The average Bonchev–Trinajstić information content (AvgIpc) is 3.01. The zero-order valence-corrected chi connectivity index (χ0v) is 14.1. The highest BCUT2D eigenvalue weighted by Gasteiger charge is 2.13. The Bertz CT molecular complexity index is 811. The van der Waals surface area contributed by atoms with E-state index in [0.717, 1.165) is 34.1 Å². The summed E-state index contributed by atoms with van der Waals surface area (Å²) >= 11 is 6.25. The van der Waals surface area contributed by atoms with E-state index in [1.165, 1.54) is 0 Å². The van der Waals surface area contributed by atoms with Crippen LogP contribution in [0.25, 0.3) is 11.3 Å². The second-order valence-electron chi connectivity index (χ2n) is 5.40. The largest absolute Gasteiger partial charge is 0.308 e. The van der Waals surface area contributed by atoms with E-state index >= 15 is 0 Å². The fraction of sp³-hybridized carbons (Fsp3) is 0.158. The second-order valence-corrected chi connectivity index (χ2v) is 5.81. The first-order chi connectivity index (χ1) is 11.8. The molecule has 1 aromatic heterocycles. The molecule has 4 nitrogen and oxygen atoms in total. The molecule has 0 saturated carbocycles. The van der Waals surface area contributed by atoms with Crippen LogP contribution in [0.2, 0.25) is 5.02 Å². The first-order valence-corrected chi connectivity index (χ1v) is 8.20. The number of benzene rings is 2. The van der Waals surface area contributed by atoms with E-state index in [2.05, 4.69) is 22.1 Å². The maximum absolute atomic E-state index is 6.25. The van der Waals surface area contributed by atoms with Crippen LogP contribution in [0, 0.1) is 0 Å². The van der Waals surface area contributed by atoms with Gasteiger partial charge in [0.1, 0.15) is 11.4 Å². The van der Waals surface area contributed by atoms with Crippen LogP contribution in [0.15, 0.2) is 67.3 Å². The van der Waals surface area contributed by atoms with Crippen LogP contribution in [0.4, 0.5) is 0 Å². The van der Waals surface area contributed by atoms with Crippen molar-refractivity contribution in [2.45, 2.75) is 13.1 Å². The predicted molar refractivity (Wildman–Crippen MR) is 97.9 cm³/mol. The Morgan fingerprint density at radius 1 is 1.04 bits per heavy atom. The van der Waals surface area contributed by atoms with Crippen LogP contribution in [0.3, 0.4) is 0 Å². The van der Waals surface area contributed by atoms with E-state index in [1.54, 1.807) is 4.80 Å². The molecule has 3 aromatic rings. The Hall–Kier alpha value is -2.43. The highest BCUT2D eigenvalue weighted by Crippen LogP contribution is 2.21. The second kappa shape index (κ2) is 7.90. The maximum atomic E-state index is 6.25. The molecule has 24 heavy (non-hydrogen) atoms. The molecule has 0 bridgehead atoms. The molecule has 122 valence electrons. The van der Waals surface area contributed by atoms with Gasteiger partial charge >= 0.3 is 0 Å². The quantitative estimate of drug-likeness (QED) is 0.524. The van der Waals surface area contributed by atoms with E-state index in [9.17, 15) is 0 Å². The van der Waals surface area contributed by atoms with Gasteiger partial charge in [-0.2, -0.15) is 15.0 Å². The fourth-order valence-corrected chi connectivity index (χ4v) is 2.66. The highest BCUT2D eigenvalue weighted by atomic mass is 35.5. The van der Waals surface area contributed by atoms with Gasteiger partial charge < -0.3 is 5.32 Å². The molecule has 1 heterocycles. The van der Waals surface area contributed by atoms with Crippen molar-refractivity contribution in [3.05, 3.63) is 83.5 Å². The molecule has 3 rings (SSSR count). The third-order valence-corrected chi connectivity index (χ3v) is 3.99. The molecule has 0 unspecified atom stereocenters. The van der Waals surface area contributed by atoms with Gasteiger partial charge in [0.05, 0.1) is 6.54 Å². The van der Waals surface area contributed by atoms with Crippen molar-refractivity contribution in [2.75, 3.05) is 6.54 Å². The molecule has 2 aromatic carbocycles. The molecule has 0 radical (unpaired) electrons. The molecular formula is C19H19ClN4. The zero-order valence-electron chi connectivity index (χ0n) is 13.3. The number of aromatic nitrogens is 3. The molecule has 0 spiro atoms. The summed E-state index contributed by atoms with van der Waals surface area (Å²) in [5.41, 5.74) is 3.85. The molecule has 5 heteroatoms. The van der Waals surface area contributed by atoms with Crippen LogP contribution in [0.1, 0.15) is 11.3 Å². The molecular weight excluding hydrogens is 320 g/mol.